The second-order valence-electron chi connectivity index (χ2n) is 7.46. The molecule has 0 radical (unpaired) electrons. The van der Waals surface area contributed by atoms with Crippen molar-refractivity contribution in [3.8, 4) is 11.1 Å². The minimum atomic E-state index is 0.175. The normalized spacial score (nSPS) is 15.7. The molecule has 0 spiro atoms. The molecule has 0 saturated carbocycles. The van der Waals surface area contributed by atoms with Crippen LogP contribution in [-0.2, 0) is 11.8 Å². The standard InChI is InChI=1S/C22H22/c1-22(2,3)17-13-19(15-8-4-5-9-15)20-12-16-10-6-7-11-18(16)21(20)14-17/h4-8,10-11,13-14H,9,12H2,1-3H3. The molecule has 2 aliphatic rings. The Labute approximate surface area is 133 Å². The molecule has 2 aromatic carbocycles. The zero-order valence-corrected chi connectivity index (χ0v) is 13.6. The number of fused-ring (bicyclic) bond motifs is 3. The smallest absolute Gasteiger partial charge is 0.000740 e. The number of benzene rings is 2. The zero-order chi connectivity index (χ0) is 15.3. The van der Waals surface area contributed by atoms with Crippen molar-refractivity contribution in [1.82, 2.24) is 0 Å². The van der Waals surface area contributed by atoms with Crippen molar-refractivity contribution in [3.63, 3.8) is 0 Å². The van der Waals surface area contributed by atoms with Crippen LogP contribution in [0.2, 0.25) is 0 Å². The molecule has 0 N–H and O–H groups in total. The van der Waals surface area contributed by atoms with Gasteiger partial charge in [0.1, 0.15) is 0 Å². The fourth-order valence-electron chi connectivity index (χ4n) is 3.60. The van der Waals surface area contributed by atoms with E-state index in [-0.39, 0.29) is 5.41 Å². The molecular formula is C22H22. The summed E-state index contributed by atoms with van der Waals surface area (Å²) < 4.78 is 0. The Hall–Kier alpha value is -2.08. The topological polar surface area (TPSA) is 0 Å². The van der Waals surface area contributed by atoms with Gasteiger partial charge in [0, 0.05) is 0 Å². The lowest BCUT2D eigenvalue weighted by atomic mass is 9.82. The van der Waals surface area contributed by atoms with Crippen LogP contribution in [0.4, 0.5) is 0 Å². The average molecular weight is 286 g/mol. The van der Waals surface area contributed by atoms with Crippen LogP contribution in [0.15, 0.2) is 54.6 Å². The van der Waals surface area contributed by atoms with E-state index in [4.69, 9.17) is 0 Å². The van der Waals surface area contributed by atoms with Crippen LogP contribution in [0.5, 0.6) is 0 Å². The van der Waals surface area contributed by atoms with E-state index in [1.165, 1.54) is 39.0 Å². The second-order valence-corrected chi connectivity index (χ2v) is 7.46. The predicted octanol–water partition coefficient (Wildman–Crippen LogP) is 5.90. The lowest BCUT2D eigenvalue weighted by Crippen LogP contribution is -2.12. The van der Waals surface area contributed by atoms with Crippen molar-refractivity contribution in [2.45, 2.75) is 39.0 Å². The van der Waals surface area contributed by atoms with E-state index in [1.54, 1.807) is 0 Å². The van der Waals surface area contributed by atoms with Gasteiger partial charge in [-0.15, -0.1) is 0 Å². The molecule has 0 bridgehead atoms. The van der Waals surface area contributed by atoms with Gasteiger partial charge >= 0.3 is 0 Å². The monoisotopic (exact) mass is 286 g/mol. The van der Waals surface area contributed by atoms with Crippen LogP contribution in [0.1, 0.15) is 49.4 Å². The van der Waals surface area contributed by atoms with Crippen molar-refractivity contribution < 1.29 is 0 Å². The van der Waals surface area contributed by atoms with Crippen molar-refractivity contribution in [2.75, 3.05) is 0 Å². The number of hydrogen-bond donors (Lipinski definition) is 0. The molecular weight excluding hydrogens is 264 g/mol. The van der Waals surface area contributed by atoms with Crippen LogP contribution < -0.4 is 0 Å². The maximum atomic E-state index is 2.43. The summed E-state index contributed by atoms with van der Waals surface area (Å²) in [4.78, 5) is 0. The number of allylic oxidation sites excluding steroid dienone is 4. The highest BCUT2D eigenvalue weighted by Gasteiger charge is 2.26. The summed E-state index contributed by atoms with van der Waals surface area (Å²) in [6.45, 7) is 6.92. The first-order valence-corrected chi connectivity index (χ1v) is 8.16. The lowest BCUT2D eigenvalue weighted by Gasteiger charge is -2.23. The summed E-state index contributed by atoms with van der Waals surface area (Å²) in [5.74, 6) is 0. The lowest BCUT2D eigenvalue weighted by molar-refractivity contribution is 0.590. The maximum Gasteiger partial charge on any atom is -0.000740 e. The van der Waals surface area contributed by atoms with Gasteiger partial charge in [0.25, 0.3) is 0 Å². The fourth-order valence-corrected chi connectivity index (χ4v) is 3.60. The third-order valence-corrected chi connectivity index (χ3v) is 4.91. The minimum absolute atomic E-state index is 0.175. The van der Waals surface area contributed by atoms with Crippen LogP contribution in [0.25, 0.3) is 16.7 Å². The van der Waals surface area contributed by atoms with E-state index in [1.807, 2.05) is 0 Å². The molecule has 0 heteroatoms. The Bertz CT molecular complexity index is 810. The summed E-state index contributed by atoms with van der Waals surface area (Å²) in [5.41, 5.74) is 10.4. The molecule has 2 aromatic rings. The number of rotatable bonds is 1. The first-order chi connectivity index (χ1) is 10.5. The summed E-state index contributed by atoms with van der Waals surface area (Å²) >= 11 is 0. The van der Waals surface area contributed by atoms with Gasteiger partial charge in [0.15, 0.2) is 0 Å². The van der Waals surface area contributed by atoms with E-state index in [2.05, 4.69) is 75.4 Å². The summed E-state index contributed by atoms with van der Waals surface area (Å²) in [6.07, 6.45) is 8.87. The SMILES string of the molecule is CC(C)(C)c1cc(C2=CC=CC2)c2c(c1)-c1ccccc1C2. The van der Waals surface area contributed by atoms with Gasteiger partial charge in [-0.05, 0) is 57.2 Å². The van der Waals surface area contributed by atoms with Crippen LogP contribution in [0.3, 0.4) is 0 Å². The largest absolute Gasteiger partial charge is 0.0801 e. The molecule has 0 aromatic heterocycles. The molecule has 0 amide bonds. The van der Waals surface area contributed by atoms with Gasteiger partial charge in [-0.3, -0.25) is 0 Å². The molecule has 4 rings (SSSR count). The Kier molecular flexibility index (Phi) is 2.91. The molecule has 0 atom stereocenters. The third kappa shape index (κ3) is 2.06. The molecule has 0 aliphatic heterocycles. The molecule has 0 unspecified atom stereocenters. The van der Waals surface area contributed by atoms with E-state index < -0.39 is 0 Å². The Morgan fingerprint density at radius 3 is 2.41 bits per heavy atom. The molecule has 0 nitrogen and oxygen atoms in total. The highest BCUT2D eigenvalue weighted by molar-refractivity contribution is 5.85. The maximum absolute atomic E-state index is 2.43. The Balaban J connectivity index is 1.97. The van der Waals surface area contributed by atoms with E-state index in [9.17, 15) is 0 Å². The Morgan fingerprint density at radius 2 is 1.68 bits per heavy atom. The molecule has 0 fully saturated rings. The van der Waals surface area contributed by atoms with Gasteiger partial charge in [-0.25, -0.2) is 0 Å². The van der Waals surface area contributed by atoms with Crippen LogP contribution in [-0.4, -0.2) is 0 Å². The first kappa shape index (κ1) is 13.6. The first-order valence-electron chi connectivity index (χ1n) is 8.16. The van der Waals surface area contributed by atoms with E-state index in [0.29, 0.717) is 0 Å². The third-order valence-electron chi connectivity index (χ3n) is 4.91. The van der Waals surface area contributed by atoms with E-state index in [0.717, 1.165) is 12.8 Å². The van der Waals surface area contributed by atoms with Crippen molar-refractivity contribution in [3.05, 3.63) is 76.9 Å². The zero-order valence-electron chi connectivity index (χ0n) is 13.6. The predicted molar refractivity (Wildman–Crippen MR) is 95.1 cm³/mol. The highest BCUT2D eigenvalue weighted by Crippen LogP contribution is 2.43. The quantitative estimate of drug-likeness (QED) is 0.522. The van der Waals surface area contributed by atoms with Crippen molar-refractivity contribution in [1.29, 1.82) is 0 Å². The average Bonchev–Trinajstić information content (AvgIpc) is 3.12. The molecule has 0 heterocycles. The van der Waals surface area contributed by atoms with Crippen LogP contribution in [0, 0.1) is 0 Å². The van der Waals surface area contributed by atoms with Gasteiger partial charge < -0.3 is 0 Å². The van der Waals surface area contributed by atoms with E-state index >= 15 is 0 Å². The fraction of sp³-hybridized carbons (Fsp3) is 0.273. The second kappa shape index (κ2) is 4.71. The van der Waals surface area contributed by atoms with Gasteiger partial charge in [-0.2, -0.15) is 0 Å². The minimum Gasteiger partial charge on any atom is -0.0801 e. The molecule has 22 heavy (non-hydrogen) atoms. The summed E-state index contributed by atoms with van der Waals surface area (Å²) in [5, 5.41) is 0. The van der Waals surface area contributed by atoms with Crippen molar-refractivity contribution in [2.24, 2.45) is 0 Å². The molecule has 0 saturated heterocycles. The van der Waals surface area contributed by atoms with Crippen molar-refractivity contribution >= 4 is 5.57 Å². The van der Waals surface area contributed by atoms with Gasteiger partial charge in [0.2, 0.25) is 0 Å². The molecule has 2 aliphatic carbocycles. The summed E-state index contributed by atoms with van der Waals surface area (Å²) in [7, 11) is 0. The number of hydrogen-bond acceptors (Lipinski definition) is 0. The van der Waals surface area contributed by atoms with Crippen LogP contribution >= 0.6 is 0 Å². The van der Waals surface area contributed by atoms with Gasteiger partial charge in [-0.1, -0.05) is 75.4 Å². The molecule has 110 valence electrons. The summed E-state index contributed by atoms with van der Waals surface area (Å²) in [6, 6.07) is 13.7. The van der Waals surface area contributed by atoms with Gasteiger partial charge in [0.05, 0.1) is 0 Å². The Morgan fingerprint density at radius 1 is 0.909 bits per heavy atom. The highest BCUT2D eigenvalue weighted by atomic mass is 14.3.